The molecule has 0 spiro atoms. The predicted molar refractivity (Wildman–Crippen MR) is 177 cm³/mol. The molecule has 5 N–H and O–H groups in total. The number of alkyl halides is 3. The average Bonchev–Trinajstić information content (AvgIpc) is 3.93. The number of fused-ring (bicyclic) bond motifs is 1. The monoisotopic (exact) mass is 719 g/mol. The van der Waals surface area contributed by atoms with Gasteiger partial charge < -0.3 is 31.3 Å². The Morgan fingerprint density at radius 1 is 0.961 bits per heavy atom. The maximum Gasteiger partial charge on any atom is 0.416 e. The van der Waals surface area contributed by atoms with Crippen molar-refractivity contribution in [1.29, 1.82) is 0 Å². The molecule has 4 fully saturated rings. The molecule has 51 heavy (non-hydrogen) atoms. The van der Waals surface area contributed by atoms with E-state index in [0.29, 0.717) is 31.2 Å². The lowest BCUT2D eigenvalue weighted by Crippen LogP contribution is -2.64. The van der Waals surface area contributed by atoms with Crippen LogP contribution in [0.1, 0.15) is 90.7 Å². The zero-order valence-corrected chi connectivity index (χ0v) is 29.7. The van der Waals surface area contributed by atoms with Gasteiger partial charge in [-0.2, -0.15) is 13.2 Å². The lowest BCUT2D eigenvalue weighted by molar-refractivity contribution is -0.154. The number of primary amides is 1. The van der Waals surface area contributed by atoms with Gasteiger partial charge in [-0.25, -0.2) is 9.59 Å². The molecule has 280 valence electrons. The number of rotatable bonds is 11. The summed E-state index contributed by atoms with van der Waals surface area (Å²) in [6, 6.07) is 0.316. The van der Waals surface area contributed by atoms with E-state index in [9.17, 15) is 41.9 Å². The second-order valence-electron chi connectivity index (χ2n) is 16.3. The molecule has 5 rings (SSSR count). The number of hydrogen-bond donors (Lipinski definition) is 4. The second kappa shape index (κ2) is 13.8. The first-order valence-electron chi connectivity index (χ1n) is 17.5. The Morgan fingerprint density at radius 2 is 1.57 bits per heavy atom. The molecule has 4 aliphatic rings. The minimum Gasteiger partial charge on any atom is -0.459 e. The fourth-order valence-corrected chi connectivity index (χ4v) is 7.84. The van der Waals surface area contributed by atoms with Crippen LogP contribution in [0.4, 0.5) is 18.0 Å². The largest absolute Gasteiger partial charge is 0.459 e. The topological polar surface area (TPSA) is 177 Å². The maximum absolute atomic E-state index is 14.3. The summed E-state index contributed by atoms with van der Waals surface area (Å²) in [5.41, 5.74) is 2.25. The van der Waals surface area contributed by atoms with E-state index in [0.717, 1.165) is 18.6 Å². The lowest BCUT2D eigenvalue weighted by atomic mass is 9.81. The Kier molecular flexibility index (Phi) is 10.3. The zero-order valence-electron chi connectivity index (χ0n) is 29.7. The number of hydrogen-bond acceptors (Lipinski definition) is 7. The van der Waals surface area contributed by atoms with Crippen molar-refractivity contribution in [2.45, 2.75) is 116 Å². The molecule has 0 radical (unpaired) electrons. The second-order valence-corrected chi connectivity index (χ2v) is 16.3. The predicted octanol–water partition coefficient (Wildman–Crippen LogP) is 3.60. The number of ether oxygens (including phenoxy) is 1. The number of nitrogens with zero attached hydrogens (tertiary/aromatic N) is 1. The van der Waals surface area contributed by atoms with E-state index in [1.165, 1.54) is 17.0 Å². The maximum atomic E-state index is 14.3. The fraction of sp³-hybridized carbons (Fsp3) is 0.667. The van der Waals surface area contributed by atoms with Crippen molar-refractivity contribution in [3.8, 4) is 0 Å². The summed E-state index contributed by atoms with van der Waals surface area (Å²) in [5, 5.41) is 8.26. The van der Waals surface area contributed by atoms with E-state index >= 15 is 0 Å². The van der Waals surface area contributed by atoms with Crippen LogP contribution in [0.3, 0.4) is 0 Å². The molecule has 3 aliphatic carbocycles. The standard InChI is InChI=1S/C36H48F3N5O7/c1-33(2,3)27(30(48)44-17-22-23(34(22,4)5)25(44)29(47)41-24(20-11-12-20)26(45)28(40)46)42-32(50)43-35(15-7-6-8-16-35)31(49)51-18-19-9-13-21(14-10-19)36(37,38)39/h9-10,13-14,20,22-25,27H,6-8,11-12,15-18H2,1-5H3,(H2,40,46)(H,41,47)(H2,42,43,50)/t22-,23-,24?,25-,27+/m0/s1. The minimum atomic E-state index is -4.50. The third-order valence-electron chi connectivity index (χ3n) is 11.2. The van der Waals surface area contributed by atoms with Gasteiger partial charge in [0.2, 0.25) is 17.6 Å². The first-order valence-corrected chi connectivity index (χ1v) is 17.5. The zero-order chi connectivity index (χ0) is 37.7. The van der Waals surface area contributed by atoms with Crippen LogP contribution in [0.15, 0.2) is 24.3 Å². The molecule has 0 bridgehead atoms. The summed E-state index contributed by atoms with van der Waals surface area (Å²) in [6.07, 6.45) is -0.617. The number of nitrogens with one attached hydrogen (secondary N) is 3. The summed E-state index contributed by atoms with van der Waals surface area (Å²) in [7, 11) is 0. The molecule has 1 unspecified atom stereocenters. The summed E-state index contributed by atoms with van der Waals surface area (Å²) >= 11 is 0. The highest BCUT2D eigenvalue weighted by Gasteiger charge is 2.70. The number of esters is 1. The number of amides is 5. The molecule has 1 saturated heterocycles. The molecule has 5 atom stereocenters. The highest BCUT2D eigenvalue weighted by molar-refractivity contribution is 6.38. The fourth-order valence-electron chi connectivity index (χ4n) is 7.84. The van der Waals surface area contributed by atoms with Crippen LogP contribution in [0.2, 0.25) is 0 Å². The van der Waals surface area contributed by atoms with Gasteiger partial charge in [0.25, 0.3) is 5.91 Å². The molecule has 3 saturated carbocycles. The van der Waals surface area contributed by atoms with Gasteiger partial charge in [-0.05, 0) is 72.0 Å². The van der Waals surface area contributed by atoms with Crippen molar-refractivity contribution >= 4 is 35.5 Å². The number of halogens is 3. The van der Waals surface area contributed by atoms with Gasteiger partial charge in [-0.1, -0.05) is 66.0 Å². The van der Waals surface area contributed by atoms with Crippen LogP contribution in [-0.4, -0.2) is 70.6 Å². The van der Waals surface area contributed by atoms with Crippen LogP contribution >= 0.6 is 0 Å². The number of carbonyl (C=O) groups excluding carboxylic acids is 6. The van der Waals surface area contributed by atoms with Gasteiger partial charge >= 0.3 is 18.2 Å². The first-order chi connectivity index (χ1) is 23.7. The van der Waals surface area contributed by atoms with Crippen LogP contribution in [0.25, 0.3) is 0 Å². The van der Waals surface area contributed by atoms with Gasteiger partial charge in [0, 0.05) is 6.54 Å². The number of piperidine rings is 1. The van der Waals surface area contributed by atoms with Crippen LogP contribution in [-0.2, 0) is 41.5 Å². The number of ketones is 1. The molecule has 12 nitrogen and oxygen atoms in total. The number of urea groups is 1. The highest BCUT2D eigenvalue weighted by atomic mass is 19.4. The van der Waals surface area contributed by atoms with Crippen LogP contribution < -0.4 is 21.7 Å². The number of benzene rings is 1. The number of Topliss-reactive ketones (excluding diaryl/α,β-unsaturated/α-hetero) is 1. The highest BCUT2D eigenvalue weighted by Crippen LogP contribution is 2.65. The number of likely N-dealkylation sites (tertiary alicyclic amines) is 1. The Morgan fingerprint density at radius 3 is 2.10 bits per heavy atom. The van der Waals surface area contributed by atoms with E-state index in [2.05, 4.69) is 16.0 Å². The van der Waals surface area contributed by atoms with E-state index in [4.69, 9.17) is 10.5 Å². The van der Waals surface area contributed by atoms with E-state index < -0.39 is 76.3 Å². The van der Waals surface area contributed by atoms with E-state index in [1.54, 1.807) is 20.8 Å². The van der Waals surface area contributed by atoms with Gasteiger partial charge in [-0.3, -0.25) is 19.2 Å². The molecule has 5 amide bonds. The third kappa shape index (κ3) is 8.01. The van der Waals surface area contributed by atoms with Crippen molar-refractivity contribution in [2.24, 2.45) is 34.3 Å². The molecule has 0 aromatic heterocycles. The van der Waals surface area contributed by atoms with Crippen LogP contribution in [0.5, 0.6) is 0 Å². The molecular formula is C36H48F3N5O7. The van der Waals surface area contributed by atoms with Crippen molar-refractivity contribution in [3.63, 3.8) is 0 Å². The average molecular weight is 720 g/mol. The Balaban J connectivity index is 1.30. The summed E-state index contributed by atoms with van der Waals surface area (Å²) in [6.45, 7) is 9.24. The van der Waals surface area contributed by atoms with E-state index in [-0.39, 0.29) is 49.2 Å². The third-order valence-corrected chi connectivity index (χ3v) is 11.2. The van der Waals surface area contributed by atoms with Gasteiger partial charge in [0.15, 0.2) is 0 Å². The van der Waals surface area contributed by atoms with Crippen molar-refractivity contribution in [2.75, 3.05) is 6.54 Å². The molecule has 1 heterocycles. The summed E-state index contributed by atoms with van der Waals surface area (Å²) in [4.78, 5) is 81.1. The first kappa shape index (κ1) is 38.1. The van der Waals surface area contributed by atoms with Crippen molar-refractivity contribution in [1.82, 2.24) is 20.9 Å². The molecule has 1 aliphatic heterocycles. The normalized spacial score (nSPS) is 24.7. The van der Waals surface area contributed by atoms with Crippen molar-refractivity contribution < 1.29 is 46.7 Å². The van der Waals surface area contributed by atoms with Gasteiger partial charge in [0.1, 0.15) is 30.3 Å². The molecule has 1 aromatic rings. The quantitative estimate of drug-likeness (QED) is 0.200. The molecule has 15 heteroatoms. The van der Waals surface area contributed by atoms with E-state index in [1.807, 2.05) is 13.8 Å². The Labute approximate surface area is 295 Å². The molecule has 1 aromatic carbocycles. The summed E-state index contributed by atoms with van der Waals surface area (Å²) in [5.74, 6) is -4.22. The molecular weight excluding hydrogens is 671 g/mol. The Hall–Kier alpha value is -4.17. The SMILES string of the molecule is CC(C)(C)[C@H](NC(=O)NC1(C(=O)OCc2ccc(C(F)(F)F)cc2)CCCCC1)C(=O)N1C[C@H]2[C@@H]([C@H]1C(=O)NC(C(=O)C(N)=O)C1CC1)C2(C)C. The Bertz CT molecular complexity index is 1560. The number of carbonyl (C=O) groups is 6. The van der Waals surface area contributed by atoms with Crippen LogP contribution in [0, 0.1) is 28.6 Å². The lowest BCUT2D eigenvalue weighted by Gasteiger charge is -2.39. The number of nitrogens with two attached hydrogens (primary N) is 1. The van der Waals surface area contributed by atoms with Gasteiger partial charge in [-0.15, -0.1) is 0 Å². The van der Waals surface area contributed by atoms with Gasteiger partial charge in [0.05, 0.1) is 5.56 Å². The smallest absolute Gasteiger partial charge is 0.416 e. The minimum absolute atomic E-state index is 0.00260. The van der Waals surface area contributed by atoms with Crippen molar-refractivity contribution in [3.05, 3.63) is 35.4 Å². The summed E-state index contributed by atoms with van der Waals surface area (Å²) < 4.78 is 44.5.